The van der Waals surface area contributed by atoms with Crippen LogP contribution in [0.15, 0.2) is 46.6 Å². The summed E-state index contributed by atoms with van der Waals surface area (Å²) in [7, 11) is 0. The molecule has 146 valence electrons. The molecule has 0 aromatic heterocycles. The van der Waals surface area contributed by atoms with Gasteiger partial charge in [-0.1, -0.05) is 119 Å². The molecule has 2 aliphatic rings. The quantitative estimate of drug-likeness (QED) is 0.446. The standard InChI is InChI=1S/C26H42/c1-23(2,3)17-13-19(21(15-17)25(7,8)9)20-14-18(24(4,5)6)16-22(20)26(10,11)12/h13-16,19-20H,1-12H3. The highest BCUT2D eigenvalue weighted by molar-refractivity contribution is 5.49. The summed E-state index contributed by atoms with van der Waals surface area (Å²) in [5.41, 5.74) is 6.96. The Labute approximate surface area is 163 Å². The lowest BCUT2D eigenvalue weighted by Crippen LogP contribution is -2.25. The second kappa shape index (κ2) is 6.25. The lowest BCUT2D eigenvalue weighted by molar-refractivity contribution is 0.387. The van der Waals surface area contributed by atoms with Gasteiger partial charge in [0.2, 0.25) is 0 Å². The van der Waals surface area contributed by atoms with Gasteiger partial charge in [0, 0.05) is 11.8 Å². The van der Waals surface area contributed by atoms with E-state index in [1.165, 1.54) is 11.1 Å². The maximum Gasteiger partial charge on any atom is 0.00920 e. The Morgan fingerprint density at radius 2 is 0.731 bits per heavy atom. The molecular weight excluding hydrogens is 312 g/mol. The van der Waals surface area contributed by atoms with Gasteiger partial charge in [-0.3, -0.25) is 0 Å². The van der Waals surface area contributed by atoms with E-state index in [1.54, 1.807) is 11.1 Å². The molecule has 0 fully saturated rings. The van der Waals surface area contributed by atoms with E-state index in [9.17, 15) is 0 Å². The summed E-state index contributed by atoms with van der Waals surface area (Å²) in [6.45, 7) is 28.2. The largest absolute Gasteiger partial charge is 0.0726 e. The minimum absolute atomic E-state index is 0.190. The summed E-state index contributed by atoms with van der Waals surface area (Å²) in [6.07, 6.45) is 10.2. The summed E-state index contributed by atoms with van der Waals surface area (Å²) in [4.78, 5) is 0. The SMILES string of the molecule is CC(C)(C)C1=CC(C2C=C(C(C)(C)C)C=C2C(C)(C)C)C(C(C)(C)C)=C1. The highest BCUT2D eigenvalue weighted by Crippen LogP contribution is 2.52. The van der Waals surface area contributed by atoms with Gasteiger partial charge in [0.1, 0.15) is 0 Å². The van der Waals surface area contributed by atoms with E-state index in [4.69, 9.17) is 0 Å². The zero-order valence-electron chi connectivity index (χ0n) is 19.5. The molecule has 2 atom stereocenters. The number of allylic oxidation sites excluding steroid dienone is 8. The highest BCUT2D eigenvalue weighted by atomic mass is 14.5. The Morgan fingerprint density at radius 1 is 0.462 bits per heavy atom. The van der Waals surface area contributed by atoms with Crippen molar-refractivity contribution < 1.29 is 0 Å². The molecule has 0 heterocycles. The van der Waals surface area contributed by atoms with Gasteiger partial charge in [-0.05, 0) is 32.8 Å². The summed E-state index contributed by atoms with van der Waals surface area (Å²) in [5, 5.41) is 0. The first kappa shape index (κ1) is 21.3. The zero-order chi connectivity index (χ0) is 20.3. The molecule has 0 amide bonds. The number of hydrogen-bond donors (Lipinski definition) is 0. The van der Waals surface area contributed by atoms with Crippen LogP contribution in [0.3, 0.4) is 0 Å². The molecular formula is C26H42. The molecule has 2 aliphatic carbocycles. The fraction of sp³-hybridized carbons (Fsp3) is 0.692. The van der Waals surface area contributed by atoms with Crippen LogP contribution >= 0.6 is 0 Å². The van der Waals surface area contributed by atoms with Crippen molar-refractivity contribution in [2.75, 3.05) is 0 Å². The molecule has 0 aliphatic heterocycles. The summed E-state index contributed by atoms with van der Waals surface area (Å²) in [5.74, 6) is 0.962. The molecule has 0 bridgehead atoms. The minimum Gasteiger partial charge on any atom is -0.0726 e. The molecule has 0 N–H and O–H groups in total. The average Bonchev–Trinajstić information content (AvgIpc) is 3.00. The maximum atomic E-state index is 2.58. The van der Waals surface area contributed by atoms with Crippen LogP contribution in [-0.2, 0) is 0 Å². The molecule has 2 unspecified atom stereocenters. The van der Waals surface area contributed by atoms with E-state index in [0.717, 1.165) is 0 Å². The maximum absolute atomic E-state index is 2.58. The summed E-state index contributed by atoms with van der Waals surface area (Å²) >= 11 is 0. The molecule has 0 nitrogen and oxygen atoms in total. The molecule has 0 saturated carbocycles. The molecule has 0 saturated heterocycles. The van der Waals surface area contributed by atoms with E-state index >= 15 is 0 Å². The van der Waals surface area contributed by atoms with E-state index < -0.39 is 0 Å². The van der Waals surface area contributed by atoms with E-state index in [-0.39, 0.29) is 21.7 Å². The van der Waals surface area contributed by atoms with Gasteiger partial charge in [0.25, 0.3) is 0 Å². The molecule has 0 aromatic carbocycles. The van der Waals surface area contributed by atoms with Gasteiger partial charge >= 0.3 is 0 Å². The van der Waals surface area contributed by atoms with Crippen LogP contribution < -0.4 is 0 Å². The molecule has 2 rings (SSSR count). The third-order valence-corrected chi connectivity index (χ3v) is 5.91. The van der Waals surface area contributed by atoms with Crippen molar-refractivity contribution in [3.05, 3.63) is 46.6 Å². The third-order valence-electron chi connectivity index (χ3n) is 5.91. The number of rotatable bonds is 1. The Morgan fingerprint density at radius 3 is 0.923 bits per heavy atom. The van der Waals surface area contributed by atoms with Crippen molar-refractivity contribution >= 4 is 0 Å². The van der Waals surface area contributed by atoms with Gasteiger partial charge in [-0.15, -0.1) is 0 Å². The van der Waals surface area contributed by atoms with Crippen LogP contribution in [0.2, 0.25) is 0 Å². The van der Waals surface area contributed by atoms with Gasteiger partial charge in [-0.2, -0.15) is 0 Å². The number of hydrogen-bond acceptors (Lipinski definition) is 0. The van der Waals surface area contributed by atoms with Crippen molar-refractivity contribution in [3.8, 4) is 0 Å². The van der Waals surface area contributed by atoms with Gasteiger partial charge in [0.15, 0.2) is 0 Å². The summed E-state index contributed by atoms with van der Waals surface area (Å²) in [6, 6.07) is 0. The van der Waals surface area contributed by atoms with Crippen LogP contribution in [0.5, 0.6) is 0 Å². The predicted octanol–water partition coefficient (Wildman–Crippen LogP) is 8.14. The van der Waals surface area contributed by atoms with Crippen LogP contribution in [0.25, 0.3) is 0 Å². The fourth-order valence-corrected chi connectivity index (χ4v) is 4.15. The molecule has 26 heavy (non-hydrogen) atoms. The topological polar surface area (TPSA) is 0 Å². The fourth-order valence-electron chi connectivity index (χ4n) is 4.15. The minimum atomic E-state index is 0.190. The van der Waals surface area contributed by atoms with E-state index in [1.807, 2.05) is 0 Å². The van der Waals surface area contributed by atoms with Gasteiger partial charge in [-0.25, -0.2) is 0 Å². The first-order valence-electron chi connectivity index (χ1n) is 10.3. The van der Waals surface area contributed by atoms with Crippen LogP contribution in [0.1, 0.15) is 83.1 Å². The molecule has 0 heteroatoms. The Hall–Kier alpha value is -1.04. The van der Waals surface area contributed by atoms with Crippen molar-refractivity contribution in [1.82, 2.24) is 0 Å². The molecule has 0 aromatic rings. The first-order chi connectivity index (χ1) is 11.4. The third kappa shape index (κ3) is 4.26. The predicted molar refractivity (Wildman–Crippen MR) is 117 cm³/mol. The van der Waals surface area contributed by atoms with Crippen LogP contribution in [-0.4, -0.2) is 0 Å². The zero-order valence-corrected chi connectivity index (χ0v) is 19.5. The first-order valence-corrected chi connectivity index (χ1v) is 10.3. The van der Waals surface area contributed by atoms with E-state index in [2.05, 4.69) is 107 Å². The highest BCUT2D eigenvalue weighted by Gasteiger charge is 2.41. The van der Waals surface area contributed by atoms with Crippen LogP contribution in [0.4, 0.5) is 0 Å². The van der Waals surface area contributed by atoms with Crippen molar-refractivity contribution in [3.63, 3.8) is 0 Å². The smallest absolute Gasteiger partial charge is 0.00920 e. The second-order valence-electron chi connectivity index (χ2n) is 12.5. The Balaban J connectivity index is 2.59. The second-order valence-corrected chi connectivity index (χ2v) is 12.5. The lowest BCUT2D eigenvalue weighted by atomic mass is 9.69. The van der Waals surface area contributed by atoms with E-state index in [0.29, 0.717) is 11.8 Å². The van der Waals surface area contributed by atoms with Crippen molar-refractivity contribution in [2.45, 2.75) is 83.1 Å². The summed E-state index contributed by atoms with van der Waals surface area (Å²) < 4.78 is 0. The van der Waals surface area contributed by atoms with Gasteiger partial charge < -0.3 is 0 Å². The van der Waals surface area contributed by atoms with Crippen molar-refractivity contribution in [2.24, 2.45) is 33.5 Å². The Bertz CT molecular complexity index is 614. The van der Waals surface area contributed by atoms with Crippen molar-refractivity contribution in [1.29, 1.82) is 0 Å². The lowest BCUT2D eigenvalue weighted by Gasteiger charge is -2.35. The Kier molecular flexibility index (Phi) is 5.11. The normalized spacial score (nSPS) is 25.1. The van der Waals surface area contributed by atoms with Gasteiger partial charge in [0.05, 0.1) is 0 Å². The molecule has 0 radical (unpaired) electrons. The monoisotopic (exact) mass is 354 g/mol. The molecule has 0 spiro atoms. The van der Waals surface area contributed by atoms with Crippen LogP contribution in [0, 0.1) is 33.5 Å². The average molecular weight is 355 g/mol.